The number of hydrogen-bond acceptors (Lipinski definition) is 4. The van der Waals surface area contributed by atoms with Crippen LogP contribution in [0.3, 0.4) is 0 Å². The molecule has 20 heavy (non-hydrogen) atoms. The quantitative estimate of drug-likeness (QED) is 0.921. The molecule has 0 spiro atoms. The molecule has 1 aromatic carbocycles. The third kappa shape index (κ3) is 3.10. The van der Waals surface area contributed by atoms with Crippen LogP contribution in [0.5, 0.6) is 0 Å². The molecule has 4 nitrogen and oxygen atoms in total. The van der Waals surface area contributed by atoms with E-state index in [1.807, 2.05) is 18.9 Å². The van der Waals surface area contributed by atoms with Gasteiger partial charge in [0.05, 0.1) is 16.8 Å². The van der Waals surface area contributed by atoms with Crippen LogP contribution in [-0.4, -0.2) is 31.0 Å². The van der Waals surface area contributed by atoms with Crippen molar-refractivity contribution >= 4 is 32.6 Å². The average Bonchev–Trinajstić information content (AvgIpc) is 2.87. The number of rotatable bonds is 5. The average molecular weight is 291 g/mol. The van der Waals surface area contributed by atoms with Crippen LogP contribution in [0, 0.1) is 13.8 Å². The van der Waals surface area contributed by atoms with Gasteiger partial charge in [-0.2, -0.15) is 0 Å². The maximum absolute atomic E-state index is 11.8. The highest BCUT2D eigenvalue weighted by Crippen LogP contribution is 2.32. The Morgan fingerprint density at radius 3 is 2.70 bits per heavy atom. The summed E-state index contributed by atoms with van der Waals surface area (Å²) >= 11 is 1.65. The van der Waals surface area contributed by atoms with Gasteiger partial charge in [-0.15, -0.1) is 0 Å². The van der Waals surface area contributed by atoms with Gasteiger partial charge in [0.15, 0.2) is 5.13 Å². The number of carbonyl (C=O) groups excluding carboxylic acids is 1. The van der Waals surface area contributed by atoms with Crippen molar-refractivity contribution in [2.24, 2.45) is 0 Å². The number of aromatic nitrogens is 1. The Morgan fingerprint density at radius 2 is 2.05 bits per heavy atom. The zero-order valence-electron chi connectivity index (χ0n) is 12.5. The van der Waals surface area contributed by atoms with Crippen molar-refractivity contribution in [1.82, 2.24) is 10.3 Å². The van der Waals surface area contributed by atoms with Gasteiger partial charge in [-0.1, -0.05) is 30.4 Å². The first-order chi connectivity index (χ1) is 9.52. The van der Waals surface area contributed by atoms with Crippen LogP contribution in [0.25, 0.3) is 10.2 Å². The van der Waals surface area contributed by atoms with Gasteiger partial charge < -0.3 is 10.2 Å². The monoisotopic (exact) mass is 291 g/mol. The van der Waals surface area contributed by atoms with Crippen molar-refractivity contribution in [3.8, 4) is 0 Å². The molecule has 1 amide bonds. The van der Waals surface area contributed by atoms with Crippen molar-refractivity contribution in [2.75, 3.05) is 25.0 Å². The summed E-state index contributed by atoms with van der Waals surface area (Å²) in [4.78, 5) is 18.3. The number of benzene rings is 1. The molecule has 0 bridgehead atoms. The van der Waals surface area contributed by atoms with Crippen molar-refractivity contribution < 1.29 is 4.79 Å². The van der Waals surface area contributed by atoms with E-state index in [0.717, 1.165) is 23.6 Å². The summed E-state index contributed by atoms with van der Waals surface area (Å²) in [6, 6.07) is 4.21. The number of thiazole rings is 1. The zero-order chi connectivity index (χ0) is 14.7. The number of fused-ring (bicyclic) bond motifs is 1. The van der Waals surface area contributed by atoms with Crippen LogP contribution >= 0.6 is 11.3 Å². The summed E-state index contributed by atoms with van der Waals surface area (Å²) < 4.78 is 1.21. The molecule has 0 aliphatic heterocycles. The Morgan fingerprint density at radius 1 is 1.35 bits per heavy atom. The van der Waals surface area contributed by atoms with Gasteiger partial charge in [-0.05, 0) is 31.4 Å². The number of nitrogens with zero attached hydrogens (tertiary/aromatic N) is 2. The number of hydrogen-bond donors (Lipinski definition) is 1. The minimum atomic E-state index is 0.0436. The third-order valence-electron chi connectivity index (χ3n) is 3.21. The molecular weight excluding hydrogens is 270 g/mol. The van der Waals surface area contributed by atoms with Gasteiger partial charge in [0.2, 0.25) is 5.91 Å². The molecule has 2 aromatic rings. The summed E-state index contributed by atoms with van der Waals surface area (Å²) in [5.41, 5.74) is 3.46. The first kappa shape index (κ1) is 14.8. The molecule has 2 rings (SSSR count). The molecule has 0 atom stereocenters. The molecule has 0 unspecified atom stereocenters. The maximum atomic E-state index is 11.8. The highest BCUT2D eigenvalue weighted by Gasteiger charge is 2.13. The van der Waals surface area contributed by atoms with E-state index in [9.17, 15) is 4.79 Å². The van der Waals surface area contributed by atoms with Gasteiger partial charge >= 0.3 is 0 Å². The third-order valence-corrected chi connectivity index (χ3v) is 4.52. The lowest BCUT2D eigenvalue weighted by Gasteiger charge is -2.14. The van der Waals surface area contributed by atoms with Gasteiger partial charge in [-0.25, -0.2) is 4.98 Å². The molecule has 5 heteroatoms. The molecule has 0 saturated carbocycles. The molecule has 1 N–H and O–H groups in total. The largest absolute Gasteiger partial charge is 0.355 e. The van der Waals surface area contributed by atoms with Gasteiger partial charge in [0.1, 0.15) is 0 Å². The van der Waals surface area contributed by atoms with Crippen LogP contribution in [0.4, 0.5) is 5.13 Å². The number of nitrogens with one attached hydrogen (secondary N) is 1. The topological polar surface area (TPSA) is 45.2 Å². The molecule has 0 radical (unpaired) electrons. The first-order valence-electron chi connectivity index (χ1n) is 6.87. The van der Waals surface area contributed by atoms with Crippen LogP contribution in [0.1, 0.15) is 24.5 Å². The lowest BCUT2D eigenvalue weighted by molar-refractivity contribution is -0.119. The summed E-state index contributed by atoms with van der Waals surface area (Å²) in [7, 11) is 1.91. The lowest BCUT2D eigenvalue weighted by Crippen LogP contribution is -2.35. The lowest BCUT2D eigenvalue weighted by atomic mass is 10.1. The van der Waals surface area contributed by atoms with Gasteiger partial charge in [-0.3, -0.25) is 4.79 Å². The van der Waals surface area contributed by atoms with Crippen LogP contribution in [0.2, 0.25) is 0 Å². The fourth-order valence-corrected chi connectivity index (χ4v) is 3.09. The second-order valence-corrected chi connectivity index (χ2v) is 6.06. The second kappa shape index (κ2) is 6.22. The summed E-state index contributed by atoms with van der Waals surface area (Å²) in [6.45, 7) is 7.28. The zero-order valence-corrected chi connectivity index (χ0v) is 13.3. The van der Waals surface area contributed by atoms with Crippen molar-refractivity contribution in [2.45, 2.75) is 27.2 Å². The van der Waals surface area contributed by atoms with E-state index in [1.165, 1.54) is 15.8 Å². The highest BCUT2D eigenvalue weighted by atomic mass is 32.1. The maximum Gasteiger partial charge on any atom is 0.239 e. The SMILES string of the molecule is CCCNC(=O)CN(C)c1nc2c(C)ccc(C)c2s1. The number of amides is 1. The van der Waals surface area contributed by atoms with E-state index in [-0.39, 0.29) is 5.91 Å². The predicted octanol–water partition coefficient (Wildman–Crippen LogP) is 2.88. The molecule has 1 heterocycles. The van der Waals surface area contributed by atoms with Crippen molar-refractivity contribution in [1.29, 1.82) is 0 Å². The summed E-state index contributed by atoms with van der Waals surface area (Å²) in [5, 5.41) is 3.78. The Hall–Kier alpha value is -1.62. The standard InChI is InChI=1S/C15H21N3OS/c1-5-8-16-12(19)9-18(4)15-17-13-10(2)6-7-11(3)14(13)20-15/h6-7H,5,8-9H2,1-4H3,(H,16,19). The van der Waals surface area contributed by atoms with Crippen LogP contribution in [-0.2, 0) is 4.79 Å². The van der Waals surface area contributed by atoms with Gasteiger partial charge in [0, 0.05) is 13.6 Å². The number of likely N-dealkylation sites (N-methyl/N-ethyl adjacent to an activating group) is 1. The fourth-order valence-electron chi connectivity index (χ4n) is 2.01. The van der Waals surface area contributed by atoms with E-state index in [4.69, 9.17) is 0 Å². The van der Waals surface area contributed by atoms with E-state index in [0.29, 0.717) is 6.54 Å². The van der Waals surface area contributed by atoms with Crippen molar-refractivity contribution in [3.63, 3.8) is 0 Å². The predicted molar refractivity (Wildman–Crippen MR) is 85.7 cm³/mol. The fraction of sp³-hybridized carbons (Fsp3) is 0.467. The highest BCUT2D eigenvalue weighted by molar-refractivity contribution is 7.22. The second-order valence-electron chi connectivity index (χ2n) is 5.08. The first-order valence-corrected chi connectivity index (χ1v) is 7.69. The van der Waals surface area contributed by atoms with Crippen LogP contribution < -0.4 is 10.2 Å². The Labute approximate surface area is 123 Å². The van der Waals surface area contributed by atoms with Crippen molar-refractivity contribution in [3.05, 3.63) is 23.3 Å². The number of aryl methyl sites for hydroxylation is 2. The normalized spacial score (nSPS) is 10.8. The van der Waals surface area contributed by atoms with E-state index >= 15 is 0 Å². The smallest absolute Gasteiger partial charge is 0.239 e. The summed E-state index contributed by atoms with van der Waals surface area (Å²) in [5.74, 6) is 0.0436. The minimum Gasteiger partial charge on any atom is -0.355 e. The van der Waals surface area contributed by atoms with E-state index in [1.54, 1.807) is 11.3 Å². The number of carbonyl (C=O) groups is 1. The van der Waals surface area contributed by atoms with E-state index in [2.05, 4.69) is 36.3 Å². The molecule has 0 fully saturated rings. The molecule has 1 aromatic heterocycles. The molecule has 108 valence electrons. The molecular formula is C15H21N3OS. The number of anilines is 1. The van der Waals surface area contributed by atoms with Gasteiger partial charge in [0.25, 0.3) is 0 Å². The molecule has 0 aliphatic carbocycles. The Balaban J connectivity index is 2.18. The summed E-state index contributed by atoms with van der Waals surface area (Å²) in [6.07, 6.45) is 0.953. The Bertz CT molecular complexity index is 582. The Kier molecular flexibility index (Phi) is 4.60. The van der Waals surface area contributed by atoms with Crippen LogP contribution in [0.15, 0.2) is 12.1 Å². The molecule has 0 saturated heterocycles. The minimum absolute atomic E-state index is 0.0436. The van der Waals surface area contributed by atoms with E-state index < -0.39 is 0 Å². The molecule has 0 aliphatic rings.